The summed E-state index contributed by atoms with van der Waals surface area (Å²) in [4.78, 5) is 37.8. The standard InChI is InChI=1S/C50H96O6/c1-6-8-9-10-11-12-13-14-20-25-30-35-40-48(51)54-43-47(56-50(53)42-37-32-27-22-17-18-23-28-33-38-45(3)4)44-55-49(52)41-36-31-26-21-16-15-19-24-29-34-39-46(5)7-2/h45-47H,6-44H2,1-5H3/t46?,47-/m0/s1. The van der Waals surface area contributed by atoms with E-state index in [9.17, 15) is 14.4 Å². The van der Waals surface area contributed by atoms with Gasteiger partial charge in [-0.25, -0.2) is 0 Å². The average Bonchev–Trinajstić information content (AvgIpc) is 3.18. The highest BCUT2D eigenvalue weighted by atomic mass is 16.6. The van der Waals surface area contributed by atoms with E-state index in [2.05, 4.69) is 34.6 Å². The molecule has 332 valence electrons. The molecule has 0 aromatic carbocycles. The van der Waals surface area contributed by atoms with Crippen LogP contribution in [0.1, 0.15) is 272 Å². The van der Waals surface area contributed by atoms with E-state index < -0.39 is 6.10 Å². The summed E-state index contributed by atoms with van der Waals surface area (Å²) in [6, 6.07) is 0. The molecule has 6 heteroatoms. The Bertz CT molecular complexity index is 856. The third kappa shape index (κ3) is 42.0. The first kappa shape index (κ1) is 54.4. The molecule has 0 heterocycles. The molecule has 1 unspecified atom stereocenters. The zero-order valence-corrected chi connectivity index (χ0v) is 38.3. The highest BCUT2D eigenvalue weighted by molar-refractivity contribution is 5.71. The molecule has 0 radical (unpaired) electrons. The fourth-order valence-electron chi connectivity index (χ4n) is 7.43. The Balaban J connectivity index is 4.33. The Morgan fingerprint density at radius 2 is 0.679 bits per heavy atom. The fraction of sp³-hybridized carbons (Fsp3) is 0.940. The third-order valence-corrected chi connectivity index (χ3v) is 11.6. The van der Waals surface area contributed by atoms with Gasteiger partial charge in [-0.2, -0.15) is 0 Å². The molecule has 0 aliphatic rings. The van der Waals surface area contributed by atoms with Crippen LogP contribution in [0.25, 0.3) is 0 Å². The first-order valence-electron chi connectivity index (χ1n) is 24.8. The van der Waals surface area contributed by atoms with E-state index >= 15 is 0 Å². The van der Waals surface area contributed by atoms with Gasteiger partial charge in [-0.3, -0.25) is 14.4 Å². The molecule has 0 aliphatic carbocycles. The fourth-order valence-corrected chi connectivity index (χ4v) is 7.43. The number of hydrogen-bond acceptors (Lipinski definition) is 6. The summed E-state index contributed by atoms with van der Waals surface area (Å²) in [5.41, 5.74) is 0. The molecule has 0 aromatic rings. The molecule has 0 N–H and O–H groups in total. The normalized spacial score (nSPS) is 12.5. The number of rotatable bonds is 44. The Labute approximate surface area is 348 Å². The van der Waals surface area contributed by atoms with Gasteiger partial charge in [0.1, 0.15) is 13.2 Å². The van der Waals surface area contributed by atoms with Crippen molar-refractivity contribution in [1.82, 2.24) is 0 Å². The van der Waals surface area contributed by atoms with Crippen LogP contribution in [0.5, 0.6) is 0 Å². The molecule has 0 fully saturated rings. The number of ether oxygens (including phenoxy) is 3. The van der Waals surface area contributed by atoms with E-state index in [0.717, 1.165) is 69.6 Å². The number of esters is 3. The summed E-state index contributed by atoms with van der Waals surface area (Å²) in [6.45, 7) is 11.4. The van der Waals surface area contributed by atoms with Crippen LogP contribution >= 0.6 is 0 Å². The van der Waals surface area contributed by atoms with Gasteiger partial charge < -0.3 is 14.2 Å². The molecule has 0 aromatic heterocycles. The van der Waals surface area contributed by atoms with Crippen LogP contribution < -0.4 is 0 Å². The van der Waals surface area contributed by atoms with Crippen molar-refractivity contribution in [3.05, 3.63) is 0 Å². The number of carbonyl (C=O) groups is 3. The molecule has 2 atom stereocenters. The van der Waals surface area contributed by atoms with E-state index in [4.69, 9.17) is 14.2 Å². The summed E-state index contributed by atoms with van der Waals surface area (Å²) in [6.07, 6.45) is 42.2. The molecule has 0 spiro atoms. The first-order valence-corrected chi connectivity index (χ1v) is 24.8. The highest BCUT2D eigenvalue weighted by Gasteiger charge is 2.19. The van der Waals surface area contributed by atoms with Gasteiger partial charge in [0.05, 0.1) is 0 Å². The van der Waals surface area contributed by atoms with Gasteiger partial charge in [-0.05, 0) is 31.1 Å². The van der Waals surface area contributed by atoms with E-state index in [1.54, 1.807) is 0 Å². The maximum absolute atomic E-state index is 12.7. The van der Waals surface area contributed by atoms with Crippen LogP contribution in [0.15, 0.2) is 0 Å². The lowest BCUT2D eigenvalue weighted by Gasteiger charge is -2.18. The van der Waals surface area contributed by atoms with Crippen LogP contribution in [0.3, 0.4) is 0 Å². The van der Waals surface area contributed by atoms with E-state index in [-0.39, 0.29) is 31.1 Å². The molecular formula is C50H96O6. The Kier molecular flexibility index (Phi) is 41.8. The Morgan fingerprint density at radius 3 is 1.02 bits per heavy atom. The Morgan fingerprint density at radius 1 is 0.375 bits per heavy atom. The molecule has 56 heavy (non-hydrogen) atoms. The lowest BCUT2D eigenvalue weighted by molar-refractivity contribution is -0.167. The highest BCUT2D eigenvalue weighted by Crippen LogP contribution is 2.17. The summed E-state index contributed by atoms with van der Waals surface area (Å²) in [5.74, 6) is 0.823. The van der Waals surface area contributed by atoms with Gasteiger partial charge in [0, 0.05) is 19.3 Å². The molecule has 0 saturated carbocycles. The van der Waals surface area contributed by atoms with E-state index in [0.29, 0.717) is 19.3 Å². The van der Waals surface area contributed by atoms with Gasteiger partial charge in [0.15, 0.2) is 6.10 Å². The second-order valence-electron chi connectivity index (χ2n) is 17.8. The van der Waals surface area contributed by atoms with E-state index in [1.165, 1.54) is 161 Å². The minimum atomic E-state index is -0.761. The topological polar surface area (TPSA) is 78.9 Å². The molecule has 0 amide bonds. The summed E-state index contributed by atoms with van der Waals surface area (Å²) in [5, 5.41) is 0. The SMILES string of the molecule is CCCCCCCCCCCCCCC(=O)OC[C@@H](COC(=O)CCCCCCCCCCCCC(C)CC)OC(=O)CCCCCCCCCCCC(C)C. The molecular weight excluding hydrogens is 697 g/mol. The van der Waals surface area contributed by atoms with Crippen molar-refractivity contribution in [2.24, 2.45) is 11.8 Å². The molecule has 0 bridgehead atoms. The predicted octanol–water partition coefficient (Wildman–Crippen LogP) is 15.8. The van der Waals surface area contributed by atoms with Crippen LogP contribution in [-0.4, -0.2) is 37.2 Å². The Hall–Kier alpha value is -1.59. The third-order valence-electron chi connectivity index (χ3n) is 11.6. The number of unbranched alkanes of at least 4 members (excludes halogenated alkanes) is 28. The van der Waals surface area contributed by atoms with Gasteiger partial charge in [-0.1, -0.05) is 234 Å². The predicted molar refractivity (Wildman–Crippen MR) is 238 cm³/mol. The smallest absolute Gasteiger partial charge is 0.306 e. The van der Waals surface area contributed by atoms with Gasteiger partial charge >= 0.3 is 17.9 Å². The first-order chi connectivity index (χ1) is 27.3. The van der Waals surface area contributed by atoms with Gasteiger partial charge in [0.25, 0.3) is 0 Å². The molecule has 0 rings (SSSR count). The second-order valence-corrected chi connectivity index (χ2v) is 17.8. The largest absolute Gasteiger partial charge is 0.462 e. The molecule has 0 saturated heterocycles. The lowest BCUT2D eigenvalue weighted by atomic mass is 9.99. The maximum atomic E-state index is 12.7. The van der Waals surface area contributed by atoms with Crippen LogP contribution in [0, 0.1) is 11.8 Å². The average molecular weight is 793 g/mol. The van der Waals surface area contributed by atoms with Crippen molar-refractivity contribution in [2.45, 2.75) is 278 Å². The molecule has 6 nitrogen and oxygen atoms in total. The van der Waals surface area contributed by atoms with Crippen molar-refractivity contribution in [3.8, 4) is 0 Å². The second kappa shape index (κ2) is 43.0. The van der Waals surface area contributed by atoms with Crippen LogP contribution in [0.4, 0.5) is 0 Å². The van der Waals surface area contributed by atoms with Crippen LogP contribution in [0.2, 0.25) is 0 Å². The minimum absolute atomic E-state index is 0.0643. The van der Waals surface area contributed by atoms with Crippen molar-refractivity contribution in [3.63, 3.8) is 0 Å². The number of hydrogen-bond donors (Lipinski definition) is 0. The maximum Gasteiger partial charge on any atom is 0.306 e. The van der Waals surface area contributed by atoms with Crippen LogP contribution in [-0.2, 0) is 28.6 Å². The number of carbonyl (C=O) groups excluding carboxylic acids is 3. The molecule has 0 aliphatic heterocycles. The van der Waals surface area contributed by atoms with Gasteiger partial charge in [0.2, 0.25) is 0 Å². The minimum Gasteiger partial charge on any atom is -0.462 e. The van der Waals surface area contributed by atoms with E-state index in [1.807, 2.05) is 0 Å². The summed E-state index contributed by atoms with van der Waals surface area (Å²) in [7, 11) is 0. The monoisotopic (exact) mass is 793 g/mol. The summed E-state index contributed by atoms with van der Waals surface area (Å²) < 4.78 is 16.8. The summed E-state index contributed by atoms with van der Waals surface area (Å²) >= 11 is 0. The van der Waals surface area contributed by atoms with Gasteiger partial charge in [-0.15, -0.1) is 0 Å². The zero-order chi connectivity index (χ0) is 41.2. The van der Waals surface area contributed by atoms with Crippen molar-refractivity contribution in [1.29, 1.82) is 0 Å². The lowest BCUT2D eigenvalue weighted by Crippen LogP contribution is -2.30. The van der Waals surface area contributed by atoms with Crippen molar-refractivity contribution >= 4 is 17.9 Å². The van der Waals surface area contributed by atoms with Crippen molar-refractivity contribution in [2.75, 3.05) is 13.2 Å². The quantitative estimate of drug-likeness (QED) is 0.0347. The van der Waals surface area contributed by atoms with Crippen molar-refractivity contribution < 1.29 is 28.6 Å². The zero-order valence-electron chi connectivity index (χ0n) is 38.3.